The zero-order chi connectivity index (χ0) is 26.1. The molecule has 0 aliphatic carbocycles. The number of nitrogens with one attached hydrogen (secondary N) is 2. The van der Waals surface area contributed by atoms with Gasteiger partial charge in [0, 0.05) is 35.4 Å². The molecule has 3 rings (SSSR count). The van der Waals surface area contributed by atoms with Gasteiger partial charge in [-0.2, -0.15) is 5.10 Å². The van der Waals surface area contributed by atoms with Crippen molar-refractivity contribution in [1.82, 2.24) is 10.7 Å². The van der Waals surface area contributed by atoms with E-state index in [0.717, 1.165) is 5.69 Å². The Morgan fingerprint density at radius 1 is 1.08 bits per heavy atom. The van der Waals surface area contributed by atoms with Crippen LogP contribution in [0.4, 0.5) is 5.69 Å². The molecule has 0 aliphatic heterocycles. The molecule has 3 N–H and O–H groups in total. The van der Waals surface area contributed by atoms with E-state index in [2.05, 4.69) is 31.8 Å². The molecule has 0 spiro atoms. The summed E-state index contributed by atoms with van der Waals surface area (Å²) in [6.45, 7) is 2.18. The smallest absolute Gasteiger partial charge is 0.287 e. The summed E-state index contributed by atoms with van der Waals surface area (Å²) < 4.78 is 6.08. The first-order valence-corrected chi connectivity index (χ1v) is 11.9. The van der Waals surface area contributed by atoms with Gasteiger partial charge in [0.25, 0.3) is 11.8 Å². The van der Waals surface area contributed by atoms with Crippen molar-refractivity contribution in [2.24, 2.45) is 5.10 Å². The van der Waals surface area contributed by atoms with Gasteiger partial charge in [0.2, 0.25) is 0 Å². The minimum Gasteiger partial charge on any atom is -0.504 e. The van der Waals surface area contributed by atoms with E-state index in [-0.39, 0.29) is 17.2 Å². The number of halogens is 1. The van der Waals surface area contributed by atoms with Crippen molar-refractivity contribution in [1.29, 1.82) is 0 Å². The van der Waals surface area contributed by atoms with Crippen LogP contribution in [0.2, 0.25) is 0 Å². The predicted molar refractivity (Wildman–Crippen MR) is 145 cm³/mol. The number of hydrogen-bond donors (Lipinski definition) is 3. The molecule has 0 radical (unpaired) electrons. The van der Waals surface area contributed by atoms with Gasteiger partial charge in [0.1, 0.15) is 5.70 Å². The molecule has 0 bridgehead atoms. The lowest BCUT2D eigenvalue weighted by Crippen LogP contribution is -2.32. The second-order valence-electron chi connectivity index (χ2n) is 7.84. The van der Waals surface area contributed by atoms with E-state index in [4.69, 9.17) is 4.74 Å². The van der Waals surface area contributed by atoms with Crippen LogP contribution in [-0.4, -0.2) is 43.8 Å². The molecule has 36 heavy (non-hydrogen) atoms. The van der Waals surface area contributed by atoms with E-state index in [0.29, 0.717) is 27.8 Å². The highest BCUT2D eigenvalue weighted by Gasteiger charge is 2.15. The fraction of sp³-hybridized carbons (Fsp3) is 0.148. The van der Waals surface area contributed by atoms with E-state index < -0.39 is 11.8 Å². The van der Waals surface area contributed by atoms with Gasteiger partial charge < -0.3 is 20.1 Å². The Hall–Kier alpha value is -4.11. The van der Waals surface area contributed by atoms with Crippen molar-refractivity contribution in [2.75, 3.05) is 25.6 Å². The van der Waals surface area contributed by atoms with Crippen molar-refractivity contribution in [3.63, 3.8) is 0 Å². The second-order valence-corrected chi connectivity index (χ2v) is 8.75. The van der Waals surface area contributed by atoms with Crippen LogP contribution in [0.15, 0.2) is 82.0 Å². The molecule has 0 saturated carbocycles. The van der Waals surface area contributed by atoms with Gasteiger partial charge >= 0.3 is 0 Å². The standard InChI is InChI=1S/C27H27BrN4O4/c1-4-36-24-16-21(28)15-20(25(24)33)17-29-31-27(35)23(30-26(34)19-8-6-5-7-9-19)14-18-10-12-22(13-11-18)32(2)3/h5-17,33H,4H2,1-3H3,(H,30,34)(H,31,35)/b23-14+,29-17+. The Bertz CT molecular complexity index is 1270. The van der Waals surface area contributed by atoms with E-state index in [1.807, 2.05) is 43.3 Å². The predicted octanol–water partition coefficient (Wildman–Crippen LogP) is 4.54. The molecule has 0 fully saturated rings. The lowest BCUT2D eigenvalue weighted by Gasteiger charge is -2.13. The summed E-state index contributed by atoms with van der Waals surface area (Å²) in [5.74, 6) is -0.882. The van der Waals surface area contributed by atoms with Crippen molar-refractivity contribution in [3.05, 3.63) is 93.6 Å². The van der Waals surface area contributed by atoms with Crippen LogP contribution in [0, 0.1) is 0 Å². The van der Waals surface area contributed by atoms with Crippen LogP contribution in [0.5, 0.6) is 11.5 Å². The molecule has 9 heteroatoms. The Morgan fingerprint density at radius 3 is 2.42 bits per heavy atom. The maximum atomic E-state index is 13.0. The Labute approximate surface area is 218 Å². The maximum absolute atomic E-state index is 13.0. The van der Waals surface area contributed by atoms with Crippen LogP contribution in [0.3, 0.4) is 0 Å². The minimum absolute atomic E-state index is 0.00655. The molecular formula is C27H27BrN4O4. The molecule has 0 heterocycles. The summed E-state index contributed by atoms with van der Waals surface area (Å²) in [4.78, 5) is 27.7. The number of anilines is 1. The second kappa shape index (κ2) is 12.6. The van der Waals surface area contributed by atoms with Crippen molar-refractivity contribution in [3.8, 4) is 11.5 Å². The third-order valence-corrected chi connectivity index (χ3v) is 5.45. The van der Waals surface area contributed by atoms with Crippen molar-refractivity contribution in [2.45, 2.75) is 6.92 Å². The summed E-state index contributed by atoms with van der Waals surface area (Å²) in [5.41, 5.74) is 4.87. The van der Waals surface area contributed by atoms with E-state index in [1.54, 1.807) is 55.5 Å². The molecule has 0 unspecified atom stereocenters. The largest absolute Gasteiger partial charge is 0.504 e. The molecule has 3 aromatic rings. The summed E-state index contributed by atoms with van der Waals surface area (Å²) in [5, 5.41) is 17.0. The van der Waals surface area contributed by atoms with Gasteiger partial charge in [0.15, 0.2) is 11.5 Å². The van der Waals surface area contributed by atoms with E-state index in [9.17, 15) is 14.7 Å². The number of nitrogens with zero attached hydrogens (tertiary/aromatic N) is 2. The number of aromatic hydroxyl groups is 1. The van der Waals surface area contributed by atoms with Gasteiger partial charge in [-0.25, -0.2) is 5.43 Å². The van der Waals surface area contributed by atoms with Gasteiger partial charge in [-0.1, -0.05) is 46.3 Å². The quantitative estimate of drug-likeness (QED) is 0.206. The normalized spacial score (nSPS) is 11.3. The van der Waals surface area contributed by atoms with Gasteiger partial charge in [-0.05, 0) is 55.0 Å². The number of carbonyl (C=O) groups excluding carboxylic acids is 2. The zero-order valence-electron chi connectivity index (χ0n) is 20.2. The highest BCUT2D eigenvalue weighted by Crippen LogP contribution is 2.32. The Balaban J connectivity index is 1.84. The van der Waals surface area contributed by atoms with E-state index in [1.165, 1.54) is 6.21 Å². The lowest BCUT2D eigenvalue weighted by atomic mass is 10.1. The van der Waals surface area contributed by atoms with Crippen LogP contribution < -0.4 is 20.4 Å². The molecule has 0 atom stereocenters. The molecule has 186 valence electrons. The number of ether oxygens (including phenoxy) is 1. The monoisotopic (exact) mass is 550 g/mol. The van der Waals surface area contributed by atoms with Gasteiger partial charge in [-0.15, -0.1) is 0 Å². The van der Waals surface area contributed by atoms with Crippen LogP contribution in [-0.2, 0) is 4.79 Å². The third kappa shape index (κ3) is 7.19. The number of hydrazone groups is 1. The van der Waals surface area contributed by atoms with Gasteiger partial charge in [0.05, 0.1) is 12.8 Å². The first kappa shape index (κ1) is 26.5. The molecule has 3 aromatic carbocycles. The average Bonchev–Trinajstić information content (AvgIpc) is 2.87. The summed E-state index contributed by atoms with van der Waals surface area (Å²) in [7, 11) is 3.87. The van der Waals surface area contributed by atoms with Crippen molar-refractivity contribution < 1.29 is 19.4 Å². The van der Waals surface area contributed by atoms with E-state index >= 15 is 0 Å². The van der Waals surface area contributed by atoms with Crippen LogP contribution in [0.1, 0.15) is 28.4 Å². The van der Waals surface area contributed by atoms with Crippen LogP contribution >= 0.6 is 15.9 Å². The molecular weight excluding hydrogens is 524 g/mol. The fourth-order valence-electron chi connectivity index (χ4n) is 3.16. The third-order valence-electron chi connectivity index (χ3n) is 4.99. The highest BCUT2D eigenvalue weighted by molar-refractivity contribution is 9.10. The SMILES string of the molecule is CCOc1cc(Br)cc(/C=N/NC(=O)/C(=C\c2ccc(N(C)C)cc2)NC(=O)c2ccccc2)c1O. The Morgan fingerprint density at radius 2 is 1.78 bits per heavy atom. The first-order chi connectivity index (χ1) is 17.3. The number of phenolic OH excluding ortho intramolecular Hbond substituents is 1. The molecule has 2 amide bonds. The number of hydrogen-bond acceptors (Lipinski definition) is 6. The number of rotatable bonds is 9. The number of carbonyl (C=O) groups is 2. The molecule has 0 aromatic heterocycles. The fourth-order valence-corrected chi connectivity index (χ4v) is 3.61. The Kier molecular flexibility index (Phi) is 9.24. The maximum Gasteiger partial charge on any atom is 0.287 e. The highest BCUT2D eigenvalue weighted by atomic mass is 79.9. The zero-order valence-corrected chi connectivity index (χ0v) is 21.7. The first-order valence-electron chi connectivity index (χ1n) is 11.1. The number of benzene rings is 3. The molecule has 0 saturated heterocycles. The summed E-state index contributed by atoms with van der Waals surface area (Å²) in [6.07, 6.45) is 2.86. The summed E-state index contributed by atoms with van der Waals surface area (Å²) in [6, 6.07) is 19.4. The van der Waals surface area contributed by atoms with Crippen molar-refractivity contribution >= 4 is 45.7 Å². The minimum atomic E-state index is -0.633. The number of amides is 2. The van der Waals surface area contributed by atoms with Gasteiger partial charge in [-0.3, -0.25) is 9.59 Å². The molecule has 8 nitrogen and oxygen atoms in total. The number of phenols is 1. The average molecular weight is 551 g/mol. The van der Waals surface area contributed by atoms with Crippen LogP contribution in [0.25, 0.3) is 6.08 Å². The molecule has 0 aliphatic rings. The topological polar surface area (TPSA) is 103 Å². The summed E-state index contributed by atoms with van der Waals surface area (Å²) >= 11 is 3.36. The lowest BCUT2D eigenvalue weighted by molar-refractivity contribution is -0.117.